The number of nitrogens with one attached hydrogen (secondary N) is 3. The molecule has 0 radical (unpaired) electrons. The quantitative estimate of drug-likeness (QED) is 0.149. The molecule has 11 heavy (non-hydrogen) atoms. The van der Waals surface area contributed by atoms with Crippen molar-refractivity contribution in [2.24, 2.45) is 0 Å². The number of hydrogen-bond donors (Lipinski definition) is 4. The number of carbonyl (C=O) groups is 3. The van der Waals surface area contributed by atoms with E-state index in [1.807, 2.05) is 10.6 Å². The van der Waals surface area contributed by atoms with Crippen molar-refractivity contribution in [3.63, 3.8) is 0 Å². The van der Waals surface area contributed by atoms with Crippen LogP contribution < -0.4 is 16.1 Å². The monoisotopic (exact) mass is 159 g/mol. The minimum absolute atomic E-state index is 0.747. The third kappa shape index (κ3) is 1.27. The Labute approximate surface area is 60.7 Å². The van der Waals surface area contributed by atoms with E-state index in [-0.39, 0.29) is 0 Å². The normalized spacial score (nSPS) is 22.5. The van der Waals surface area contributed by atoms with E-state index in [0.29, 0.717) is 0 Å². The van der Waals surface area contributed by atoms with Crippen molar-refractivity contribution < 1.29 is 19.6 Å². The smallest absolute Gasteiger partial charge is 0.318 e. The SMILES string of the molecule is O=C1NC(=O)C(C(=O)NO)N1. The minimum Gasteiger partial charge on any atom is -0.318 e. The molecule has 1 fully saturated rings. The van der Waals surface area contributed by atoms with Gasteiger partial charge in [0.15, 0.2) is 6.04 Å². The van der Waals surface area contributed by atoms with Crippen molar-refractivity contribution in [1.29, 1.82) is 0 Å². The Morgan fingerprint density at radius 1 is 1.55 bits per heavy atom. The first-order valence-corrected chi connectivity index (χ1v) is 2.70. The summed E-state index contributed by atoms with van der Waals surface area (Å²) in [4.78, 5) is 31.5. The van der Waals surface area contributed by atoms with Gasteiger partial charge in [-0.25, -0.2) is 10.3 Å². The van der Waals surface area contributed by atoms with Gasteiger partial charge in [0.2, 0.25) is 0 Å². The highest BCUT2D eigenvalue weighted by molar-refractivity contribution is 6.15. The van der Waals surface area contributed by atoms with Gasteiger partial charge in [-0.2, -0.15) is 0 Å². The highest BCUT2D eigenvalue weighted by Crippen LogP contribution is 1.91. The Morgan fingerprint density at radius 2 is 2.18 bits per heavy atom. The van der Waals surface area contributed by atoms with Gasteiger partial charge >= 0.3 is 6.03 Å². The highest BCUT2D eigenvalue weighted by Gasteiger charge is 2.35. The Morgan fingerprint density at radius 3 is 2.55 bits per heavy atom. The summed E-state index contributed by atoms with van der Waals surface area (Å²) in [5.74, 6) is -1.74. The second kappa shape index (κ2) is 2.54. The molecule has 0 bridgehead atoms. The van der Waals surface area contributed by atoms with Gasteiger partial charge in [-0.3, -0.25) is 20.1 Å². The lowest BCUT2D eigenvalue weighted by atomic mass is 10.3. The molecule has 1 saturated heterocycles. The lowest BCUT2D eigenvalue weighted by molar-refractivity contribution is -0.135. The predicted molar refractivity (Wildman–Crippen MR) is 30.4 cm³/mol. The van der Waals surface area contributed by atoms with E-state index in [0.717, 1.165) is 0 Å². The van der Waals surface area contributed by atoms with Crippen molar-refractivity contribution in [3.8, 4) is 0 Å². The lowest BCUT2D eigenvalue weighted by Gasteiger charge is -2.01. The van der Waals surface area contributed by atoms with Crippen molar-refractivity contribution in [1.82, 2.24) is 16.1 Å². The average molecular weight is 159 g/mol. The summed E-state index contributed by atoms with van der Waals surface area (Å²) in [5.41, 5.74) is 1.24. The van der Waals surface area contributed by atoms with Gasteiger partial charge in [0.25, 0.3) is 11.8 Å². The van der Waals surface area contributed by atoms with E-state index >= 15 is 0 Å². The Kier molecular flexibility index (Phi) is 1.73. The van der Waals surface area contributed by atoms with Crippen molar-refractivity contribution in [3.05, 3.63) is 0 Å². The molecule has 1 rings (SSSR count). The molecule has 4 N–H and O–H groups in total. The highest BCUT2D eigenvalue weighted by atomic mass is 16.5. The first kappa shape index (κ1) is 7.48. The molecule has 7 heteroatoms. The molecule has 0 aromatic heterocycles. The predicted octanol–water partition coefficient (Wildman–Crippen LogP) is -2.30. The van der Waals surface area contributed by atoms with Gasteiger partial charge in [0.1, 0.15) is 0 Å². The van der Waals surface area contributed by atoms with Gasteiger partial charge in [-0.05, 0) is 0 Å². The van der Waals surface area contributed by atoms with Crippen LogP contribution in [0.25, 0.3) is 0 Å². The maximum Gasteiger partial charge on any atom is 0.322 e. The Hall–Kier alpha value is -1.63. The molecule has 4 amide bonds. The molecule has 0 spiro atoms. The fraction of sp³-hybridized carbons (Fsp3) is 0.250. The molecule has 0 aromatic carbocycles. The third-order valence-electron chi connectivity index (χ3n) is 1.15. The Balaban J connectivity index is 2.67. The summed E-state index contributed by atoms with van der Waals surface area (Å²) >= 11 is 0. The van der Waals surface area contributed by atoms with E-state index in [9.17, 15) is 14.4 Å². The molecule has 7 nitrogen and oxygen atoms in total. The first-order chi connectivity index (χ1) is 5.15. The fourth-order valence-corrected chi connectivity index (χ4v) is 0.666. The van der Waals surface area contributed by atoms with Crippen LogP contribution in [0.5, 0.6) is 0 Å². The fourth-order valence-electron chi connectivity index (χ4n) is 0.666. The zero-order valence-corrected chi connectivity index (χ0v) is 5.25. The van der Waals surface area contributed by atoms with Crippen LogP contribution in [0.1, 0.15) is 0 Å². The van der Waals surface area contributed by atoms with Gasteiger partial charge in [0.05, 0.1) is 0 Å². The molecule has 60 valence electrons. The molecular weight excluding hydrogens is 154 g/mol. The second-order valence-electron chi connectivity index (χ2n) is 1.87. The van der Waals surface area contributed by atoms with Gasteiger partial charge < -0.3 is 5.32 Å². The summed E-state index contributed by atoms with van der Waals surface area (Å²) in [6.45, 7) is 0. The van der Waals surface area contributed by atoms with Crippen LogP contribution >= 0.6 is 0 Å². The molecule has 1 heterocycles. The molecule has 0 aromatic rings. The first-order valence-electron chi connectivity index (χ1n) is 2.70. The van der Waals surface area contributed by atoms with Crippen LogP contribution in [0.15, 0.2) is 0 Å². The maximum atomic E-state index is 10.6. The Bertz CT molecular complexity index is 225. The molecule has 0 saturated carbocycles. The van der Waals surface area contributed by atoms with Crippen LogP contribution in [0.4, 0.5) is 4.79 Å². The van der Waals surface area contributed by atoms with E-state index in [1.165, 1.54) is 5.48 Å². The number of hydroxylamine groups is 1. The maximum absolute atomic E-state index is 10.6. The van der Waals surface area contributed by atoms with Crippen molar-refractivity contribution >= 4 is 17.8 Å². The number of carbonyl (C=O) groups excluding carboxylic acids is 3. The molecule has 1 unspecified atom stereocenters. The topological polar surface area (TPSA) is 108 Å². The van der Waals surface area contributed by atoms with Crippen LogP contribution in [0.2, 0.25) is 0 Å². The van der Waals surface area contributed by atoms with E-state index in [4.69, 9.17) is 5.21 Å². The minimum atomic E-state index is -1.33. The number of urea groups is 1. The number of imide groups is 1. The largest absolute Gasteiger partial charge is 0.322 e. The van der Waals surface area contributed by atoms with Crippen LogP contribution in [-0.2, 0) is 9.59 Å². The van der Waals surface area contributed by atoms with Gasteiger partial charge in [-0.15, -0.1) is 0 Å². The van der Waals surface area contributed by atoms with E-state index in [1.54, 1.807) is 0 Å². The summed E-state index contributed by atoms with van der Waals surface area (Å²) in [5, 5.41) is 11.9. The standard InChI is InChI=1S/C4H5N3O4/c8-2-1(3(9)7-11)5-4(10)6-2/h1,11H,(H,7,9)(H2,5,6,8,10). The van der Waals surface area contributed by atoms with Gasteiger partial charge in [-0.1, -0.05) is 0 Å². The zero-order chi connectivity index (χ0) is 8.43. The summed E-state index contributed by atoms with van der Waals surface area (Å²) < 4.78 is 0. The van der Waals surface area contributed by atoms with E-state index < -0.39 is 23.9 Å². The molecular formula is C4H5N3O4. The van der Waals surface area contributed by atoms with Crippen molar-refractivity contribution in [2.45, 2.75) is 6.04 Å². The number of amides is 4. The lowest BCUT2D eigenvalue weighted by Crippen LogP contribution is -2.43. The second-order valence-corrected chi connectivity index (χ2v) is 1.87. The molecule has 1 atom stereocenters. The number of hydrogen-bond acceptors (Lipinski definition) is 4. The van der Waals surface area contributed by atoms with Crippen LogP contribution in [0, 0.1) is 0 Å². The van der Waals surface area contributed by atoms with E-state index in [2.05, 4.69) is 0 Å². The zero-order valence-electron chi connectivity index (χ0n) is 5.25. The van der Waals surface area contributed by atoms with Crippen LogP contribution in [0.3, 0.4) is 0 Å². The van der Waals surface area contributed by atoms with Gasteiger partial charge in [0, 0.05) is 0 Å². The summed E-state index contributed by atoms with van der Waals surface area (Å²) in [6.07, 6.45) is 0. The number of rotatable bonds is 1. The average Bonchev–Trinajstić information content (AvgIpc) is 2.28. The van der Waals surface area contributed by atoms with Crippen molar-refractivity contribution in [2.75, 3.05) is 0 Å². The molecule has 0 aliphatic carbocycles. The summed E-state index contributed by atoms with van der Waals surface area (Å²) in [7, 11) is 0. The third-order valence-corrected chi connectivity index (χ3v) is 1.15. The van der Waals surface area contributed by atoms with Crippen LogP contribution in [-0.4, -0.2) is 29.1 Å². The summed E-state index contributed by atoms with van der Waals surface area (Å²) in [6, 6.07) is -2.07. The molecule has 1 aliphatic heterocycles. The molecule has 1 aliphatic rings.